The van der Waals surface area contributed by atoms with Gasteiger partial charge in [0.15, 0.2) is 17.5 Å². The molecule has 0 saturated carbocycles. The van der Waals surface area contributed by atoms with Crippen LogP contribution in [0.4, 0.5) is 0 Å². The van der Waals surface area contributed by atoms with E-state index in [0.717, 1.165) is 55.1 Å². The number of rotatable bonds is 6. The summed E-state index contributed by atoms with van der Waals surface area (Å²) >= 11 is 0. The third-order valence-electron chi connectivity index (χ3n) is 12.2. The molecule has 0 saturated heterocycles. The summed E-state index contributed by atoms with van der Waals surface area (Å²) in [6, 6.07) is 71.4. The van der Waals surface area contributed by atoms with Crippen LogP contribution in [-0.4, -0.2) is 15.0 Å². The first kappa shape index (κ1) is 34.7. The zero-order valence-electron chi connectivity index (χ0n) is 32.9. The van der Waals surface area contributed by atoms with Crippen LogP contribution in [0, 0.1) is 0 Å². The highest BCUT2D eigenvalue weighted by Gasteiger charge is 2.35. The molecule has 1 aromatic heterocycles. The fourth-order valence-corrected chi connectivity index (χ4v) is 9.18. The first-order valence-electron chi connectivity index (χ1n) is 20.3. The number of hydrogen-bond acceptors (Lipinski definition) is 3. The lowest BCUT2D eigenvalue weighted by Gasteiger charge is -2.22. The summed E-state index contributed by atoms with van der Waals surface area (Å²) in [5.41, 5.74) is 14.9. The molecule has 3 heteroatoms. The fraction of sp³-hybridized carbons (Fsp3) is 0.0536. The Morgan fingerprint density at radius 2 is 0.678 bits per heavy atom. The van der Waals surface area contributed by atoms with Crippen molar-refractivity contribution in [3.63, 3.8) is 0 Å². The number of nitrogens with zero attached hydrogens (tertiary/aromatic N) is 3. The van der Waals surface area contributed by atoms with Gasteiger partial charge >= 0.3 is 0 Å². The molecule has 0 unspecified atom stereocenters. The summed E-state index contributed by atoms with van der Waals surface area (Å²) in [7, 11) is 0. The van der Waals surface area contributed by atoms with Crippen molar-refractivity contribution in [3.05, 3.63) is 211 Å². The van der Waals surface area contributed by atoms with Gasteiger partial charge in [-0.05, 0) is 77.7 Å². The molecule has 0 fully saturated rings. The molecular weight excluding hydrogens is 715 g/mol. The Morgan fingerprint density at radius 1 is 0.288 bits per heavy atom. The summed E-state index contributed by atoms with van der Waals surface area (Å²) in [6.45, 7) is 4.67. The summed E-state index contributed by atoms with van der Waals surface area (Å²) < 4.78 is 0. The average molecular weight is 754 g/mol. The average Bonchev–Trinajstić information content (AvgIpc) is 3.54. The lowest BCUT2D eigenvalue weighted by molar-refractivity contribution is 0.660. The molecule has 9 aromatic carbocycles. The van der Waals surface area contributed by atoms with Crippen LogP contribution in [-0.2, 0) is 5.41 Å². The van der Waals surface area contributed by atoms with Gasteiger partial charge in [0.2, 0.25) is 0 Å². The van der Waals surface area contributed by atoms with E-state index in [-0.39, 0.29) is 5.41 Å². The Bertz CT molecular complexity index is 3100. The van der Waals surface area contributed by atoms with Crippen LogP contribution in [0.1, 0.15) is 25.0 Å². The Morgan fingerprint density at radius 3 is 1.24 bits per heavy atom. The van der Waals surface area contributed by atoms with E-state index in [1.54, 1.807) is 0 Å². The Kier molecular flexibility index (Phi) is 8.16. The first-order valence-corrected chi connectivity index (χ1v) is 20.3. The van der Waals surface area contributed by atoms with Crippen molar-refractivity contribution in [3.8, 4) is 78.7 Å². The Hall–Kier alpha value is -7.49. The topological polar surface area (TPSA) is 38.7 Å². The minimum absolute atomic E-state index is 0.0944. The molecule has 0 radical (unpaired) electrons. The van der Waals surface area contributed by atoms with Crippen molar-refractivity contribution in [1.82, 2.24) is 15.0 Å². The van der Waals surface area contributed by atoms with Gasteiger partial charge in [-0.15, -0.1) is 0 Å². The normalized spacial score (nSPS) is 12.7. The van der Waals surface area contributed by atoms with Gasteiger partial charge in [0.1, 0.15) is 0 Å². The highest BCUT2D eigenvalue weighted by Crippen LogP contribution is 2.51. The molecule has 0 amide bonds. The van der Waals surface area contributed by atoms with E-state index in [4.69, 9.17) is 15.0 Å². The van der Waals surface area contributed by atoms with Crippen LogP contribution in [0.25, 0.3) is 100 Å². The van der Waals surface area contributed by atoms with Gasteiger partial charge in [-0.1, -0.05) is 208 Å². The lowest BCUT2D eigenvalue weighted by Crippen LogP contribution is -2.14. The minimum atomic E-state index is -0.0944. The number of hydrogen-bond donors (Lipinski definition) is 0. The molecule has 3 nitrogen and oxygen atoms in total. The maximum Gasteiger partial charge on any atom is 0.165 e. The highest BCUT2D eigenvalue weighted by molar-refractivity contribution is 6.21. The van der Waals surface area contributed by atoms with Gasteiger partial charge in [-0.3, -0.25) is 0 Å². The van der Waals surface area contributed by atoms with Crippen LogP contribution in [0.3, 0.4) is 0 Å². The van der Waals surface area contributed by atoms with Gasteiger partial charge < -0.3 is 0 Å². The van der Waals surface area contributed by atoms with Crippen LogP contribution in [0.2, 0.25) is 0 Å². The second-order valence-corrected chi connectivity index (χ2v) is 16.0. The molecule has 0 spiro atoms. The van der Waals surface area contributed by atoms with Crippen molar-refractivity contribution < 1.29 is 0 Å². The second kappa shape index (κ2) is 13.9. The first-order chi connectivity index (χ1) is 29.0. The van der Waals surface area contributed by atoms with Gasteiger partial charge in [-0.25, -0.2) is 15.0 Å². The Labute approximate surface area is 344 Å². The Balaban J connectivity index is 1.17. The molecule has 0 N–H and O–H groups in total. The van der Waals surface area contributed by atoms with Crippen LogP contribution in [0.15, 0.2) is 200 Å². The van der Waals surface area contributed by atoms with E-state index in [0.29, 0.717) is 17.5 Å². The van der Waals surface area contributed by atoms with Crippen molar-refractivity contribution in [2.75, 3.05) is 0 Å². The maximum absolute atomic E-state index is 5.42. The quantitative estimate of drug-likeness (QED) is 0.159. The number of aromatic nitrogens is 3. The molecule has 0 bridgehead atoms. The van der Waals surface area contributed by atoms with Gasteiger partial charge in [-0.2, -0.15) is 0 Å². The van der Waals surface area contributed by atoms with Crippen molar-refractivity contribution in [2.24, 2.45) is 0 Å². The summed E-state index contributed by atoms with van der Waals surface area (Å²) in [5.74, 6) is 1.90. The second-order valence-electron chi connectivity index (χ2n) is 16.0. The van der Waals surface area contributed by atoms with Crippen molar-refractivity contribution in [2.45, 2.75) is 19.3 Å². The van der Waals surface area contributed by atoms with E-state index < -0.39 is 0 Å². The van der Waals surface area contributed by atoms with E-state index in [1.165, 1.54) is 38.8 Å². The molecule has 11 rings (SSSR count). The van der Waals surface area contributed by atoms with E-state index >= 15 is 0 Å². The predicted molar refractivity (Wildman–Crippen MR) is 245 cm³/mol. The van der Waals surface area contributed by atoms with Crippen LogP contribution in [0.5, 0.6) is 0 Å². The minimum Gasteiger partial charge on any atom is -0.208 e. The molecule has 0 aliphatic heterocycles. The number of benzene rings is 9. The maximum atomic E-state index is 5.42. The summed E-state index contributed by atoms with van der Waals surface area (Å²) in [6.07, 6.45) is 0. The third-order valence-corrected chi connectivity index (χ3v) is 12.2. The largest absolute Gasteiger partial charge is 0.208 e. The zero-order valence-corrected chi connectivity index (χ0v) is 32.9. The molecule has 1 aliphatic carbocycles. The predicted octanol–water partition coefficient (Wildman–Crippen LogP) is 14.5. The molecular formula is C56H39N3. The SMILES string of the molecule is CC1(C)c2ccccc2-c2cc(-c3c(-c4nc(-c5ccc(-c6ccccc6)cc5)nc(-c5ccc(-c6ccccc6)cc5)n4)c4ccccc4c4ccccc34)ccc21. The zero-order chi connectivity index (χ0) is 39.5. The van der Waals surface area contributed by atoms with Crippen LogP contribution >= 0.6 is 0 Å². The molecule has 59 heavy (non-hydrogen) atoms. The molecule has 1 heterocycles. The van der Waals surface area contributed by atoms with Gasteiger partial charge in [0, 0.05) is 27.7 Å². The fourth-order valence-electron chi connectivity index (χ4n) is 9.18. The monoisotopic (exact) mass is 753 g/mol. The standard InChI is InChI=1S/C56H39N3/c1-56(2)49-24-14-13-21-45(49)48-35-42(33-34-50(48)56)51-46-22-11-9-19-43(46)44-20-10-12-23-47(44)52(51)55-58-53(40-29-25-38(26-30-40)36-15-5-3-6-16-36)57-54(59-55)41-31-27-39(28-32-41)37-17-7-4-8-18-37/h3-35H,1-2H3. The molecule has 10 aromatic rings. The van der Waals surface area contributed by atoms with Gasteiger partial charge in [0.25, 0.3) is 0 Å². The molecule has 0 atom stereocenters. The smallest absolute Gasteiger partial charge is 0.165 e. The number of fused-ring (bicyclic) bond motifs is 6. The molecule has 1 aliphatic rings. The van der Waals surface area contributed by atoms with Crippen molar-refractivity contribution in [1.29, 1.82) is 0 Å². The highest BCUT2D eigenvalue weighted by atomic mass is 15.0. The van der Waals surface area contributed by atoms with E-state index in [1.807, 2.05) is 12.1 Å². The lowest BCUT2D eigenvalue weighted by atomic mass is 9.81. The summed E-state index contributed by atoms with van der Waals surface area (Å²) in [4.78, 5) is 16.1. The van der Waals surface area contributed by atoms with Crippen LogP contribution < -0.4 is 0 Å². The summed E-state index contributed by atoms with van der Waals surface area (Å²) in [5, 5.41) is 4.63. The molecule has 278 valence electrons. The third kappa shape index (κ3) is 5.85. The van der Waals surface area contributed by atoms with Gasteiger partial charge in [0.05, 0.1) is 0 Å². The van der Waals surface area contributed by atoms with E-state index in [2.05, 4.69) is 202 Å². The van der Waals surface area contributed by atoms with Crippen molar-refractivity contribution >= 4 is 21.5 Å². The van der Waals surface area contributed by atoms with E-state index in [9.17, 15) is 0 Å².